The van der Waals surface area contributed by atoms with Gasteiger partial charge in [0.2, 0.25) is 0 Å². The fraction of sp³-hybridized carbons (Fsp3) is 0.333. The minimum absolute atomic E-state index is 0.177. The van der Waals surface area contributed by atoms with Crippen LogP contribution in [0.5, 0.6) is 0 Å². The molecule has 0 amide bonds. The second kappa shape index (κ2) is 3.90. The van der Waals surface area contributed by atoms with Crippen molar-refractivity contribution in [2.24, 2.45) is 0 Å². The van der Waals surface area contributed by atoms with Crippen molar-refractivity contribution in [3.05, 3.63) is 22.7 Å². The van der Waals surface area contributed by atoms with Gasteiger partial charge in [-0.2, -0.15) is 0 Å². The lowest BCUT2D eigenvalue weighted by atomic mass is 10.2. The number of anilines is 1. The highest BCUT2D eigenvalue weighted by Gasteiger charge is 2.18. The molecule has 1 aliphatic rings. The molecule has 0 aliphatic carbocycles. The molecule has 0 radical (unpaired) electrons. The Morgan fingerprint density at radius 3 is 3.23 bits per heavy atom. The number of para-hydroxylation sites is 1. The number of aliphatic hydroxyl groups excluding tert-OH is 1. The number of hydrogen-bond acceptors (Lipinski definition) is 3. The Morgan fingerprint density at radius 2 is 2.46 bits per heavy atom. The van der Waals surface area contributed by atoms with Crippen molar-refractivity contribution in [2.45, 2.75) is 10.9 Å². The summed E-state index contributed by atoms with van der Waals surface area (Å²) in [6.45, 7) is 0.188. The van der Waals surface area contributed by atoms with E-state index in [1.165, 1.54) is 4.90 Å². The SMILES string of the molecule is OCC1CSc2cccc(Br)c2N1. The molecule has 1 aromatic carbocycles. The smallest absolute Gasteiger partial charge is 0.0641 e. The molecule has 70 valence electrons. The fourth-order valence-electron chi connectivity index (χ4n) is 1.30. The highest BCUT2D eigenvalue weighted by Crippen LogP contribution is 2.37. The average Bonchev–Trinajstić information content (AvgIpc) is 2.18. The summed E-state index contributed by atoms with van der Waals surface area (Å²) in [4.78, 5) is 1.25. The number of hydrogen-bond donors (Lipinski definition) is 2. The van der Waals surface area contributed by atoms with Gasteiger partial charge in [-0.05, 0) is 28.1 Å². The van der Waals surface area contributed by atoms with Crippen LogP contribution >= 0.6 is 27.7 Å². The highest BCUT2D eigenvalue weighted by molar-refractivity contribution is 9.10. The van der Waals surface area contributed by atoms with Crippen LogP contribution in [0, 0.1) is 0 Å². The van der Waals surface area contributed by atoms with Gasteiger partial charge in [0.1, 0.15) is 0 Å². The molecule has 0 fully saturated rings. The molecule has 13 heavy (non-hydrogen) atoms. The zero-order valence-corrected chi connectivity index (χ0v) is 9.36. The van der Waals surface area contributed by atoms with Gasteiger partial charge >= 0.3 is 0 Å². The van der Waals surface area contributed by atoms with Crippen molar-refractivity contribution >= 4 is 33.4 Å². The van der Waals surface area contributed by atoms with Crippen molar-refractivity contribution in [3.63, 3.8) is 0 Å². The van der Waals surface area contributed by atoms with Crippen LogP contribution in [0.4, 0.5) is 5.69 Å². The Bertz CT molecular complexity index is 318. The van der Waals surface area contributed by atoms with Gasteiger partial charge in [-0.3, -0.25) is 0 Å². The number of nitrogens with one attached hydrogen (secondary N) is 1. The minimum Gasteiger partial charge on any atom is -0.394 e. The van der Waals surface area contributed by atoms with Gasteiger partial charge in [-0.25, -0.2) is 0 Å². The molecule has 0 aromatic heterocycles. The van der Waals surface area contributed by atoms with Crippen LogP contribution in [0.25, 0.3) is 0 Å². The summed E-state index contributed by atoms with van der Waals surface area (Å²) in [5.41, 5.74) is 1.11. The molecule has 2 N–H and O–H groups in total. The first kappa shape index (κ1) is 9.37. The standard InChI is InChI=1S/C9H10BrNOS/c10-7-2-1-3-8-9(7)11-6(4-12)5-13-8/h1-3,6,11-12H,4-5H2. The van der Waals surface area contributed by atoms with E-state index in [-0.39, 0.29) is 12.6 Å². The number of halogens is 1. The van der Waals surface area contributed by atoms with E-state index < -0.39 is 0 Å². The maximum Gasteiger partial charge on any atom is 0.0641 e. The van der Waals surface area contributed by atoms with E-state index in [0.717, 1.165) is 15.9 Å². The summed E-state index contributed by atoms with van der Waals surface area (Å²) in [7, 11) is 0. The Hall–Kier alpha value is -0.190. The number of fused-ring (bicyclic) bond motifs is 1. The molecule has 4 heteroatoms. The van der Waals surface area contributed by atoms with Crippen molar-refractivity contribution in [1.82, 2.24) is 0 Å². The molecule has 1 aromatic rings. The molecule has 1 unspecified atom stereocenters. The Labute approximate surface area is 89.9 Å². The molecule has 1 heterocycles. The lowest BCUT2D eigenvalue weighted by molar-refractivity contribution is 0.282. The molecular formula is C9H10BrNOS. The van der Waals surface area contributed by atoms with Crippen LogP contribution in [-0.2, 0) is 0 Å². The maximum atomic E-state index is 9.02. The predicted molar refractivity (Wildman–Crippen MR) is 59.4 cm³/mol. The zero-order valence-electron chi connectivity index (χ0n) is 6.96. The molecule has 1 aliphatic heterocycles. The first-order chi connectivity index (χ1) is 6.31. The Morgan fingerprint density at radius 1 is 1.62 bits per heavy atom. The summed E-state index contributed by atoms with van der Waals surface area (Å²) < 4.78 is 1.07. The third-order valence-corrected chi connectivity index (χ3v) is 3.87. The molecule has 0 saturated heterocycles. The van der Waals surface area contributed by atoms with E-state index in [9.17, 15) is 0 Å². The second-order valence-electron chi connectivity index (χ2n) is 2.95. The topological polar surface area (TPSA) is 32.3 Å². The van der Waals surface area contributed by atoms with Crippen LogP contribution in [0.3, 0.4) is 0 Å². The Balaban J connectivity index is 2.32. The third-order valence-electron chi connectivity index (χ3n) is 1.98. The molecular weight excluding hydrogens is 250 g/mol. The van der Waals surface area contributed by atoms with Crippen LogP contribution in [0.2, 0.25) is 0 Å². The van der Waals surface area contributed by atoms with E-state index in [1.807, 2.05) is 12.1 Å². The number of benzene rings is 1. The summed E-state index contributed by atoms with van der Waals surface area (Å²) in [5.74, 6) is 0.931. The number of thioether (sulfide) groups is 1. The fourth-order valence-corrected chi connectivity index (χ4v) is 2.97. The van der Waals surface area contributed by atoms with Crippen molar-refractivity contribution in [1.29, 1.82) is 0 Å². The maximum absolute atomic E-state index is 9.02. The van der Waals surface area contributed by atoms with Gasteiger partial charge in [0.05, 0.1) is 18.3 Å². The van der Waals surface area contributed by atoms with Gasteiger partial charge in [0.15, 0.2) is 0 Å². The Kier molecular flexibility index (Phi) is 2.81. The summed E-state index contributed by atoms with van der Waals surface area (Å²) in [6, 6.07) is 6.30. The van der Waals surface area contributed by atoms with E-state index >= 15 is 0 Å². The van der Waals surface area contributed by atoms with Crippen LogP contribution in [-0.4, -0.2) is 23.5 Å². The molecule has 1 atom stereocenters. The van der Waals surface area contributed by atoms with Crippen LogP contribution in [0.1, 0.15) is 0 Å². The zero-order chi connectivity index (χ0) is 9.26. The van der Waals surface area contributed by atoms with Crippen molar-refractivity contribution in [2.75, 3.05) is 17.7 Å². The summed E-state index contributed by atoms with van der Waals surface area (Å²) >= 11 is 5.26. The van der Waals surface area contributed by atoms with Gasteiger partial charge in [-0.1, -0.05) is 6.07 Å². The molecule has 0 bridgehead atoms. The lowest BCUT2D eigenvalue weighted by Crippen LogP contribution is -2.29. The van der Waals surface area contributed by atoms with E-state index in [4.69, 9.17) is 5.11 Å². The van der Waals surface area contributed by atoms with Crippen molar-refractivity contribution in [3.8, 4) is 0 Å². The predicted octanol–water partition coefficient (Wildman–Crippen LogP) is 2.33. The van der Waals surface area contributed by atoms with Crippen LogP contribution in [0.15, 0.2) is 27.6 Å². The molecule has 0 saturated carbocycles. The van der Waals surface area contributed by atoms with E-state index in [0.29, 0.717) is 0 Å². The van der Waals surface area contributed by atoms with Gasteiger partial charge in [-0.15, -0.1) is 11.8 Å². The second-order valence-corrected chi connectivity index (χ2v) is 4.86. The van der Waals surface area contributed by atoms with E-state index in [1.54, 1.807) is 11.8 Å². The van der Waals surface area contributed by atoms with Crippen LogP contribution < -0.4 is 5.32 Å². The van der Waals surface area contributed by atoms with E-state index in [2.05, 4.69) is 27.3 Å². The quantitative estimate of drug-likeness (QED) is 0.812. The van der Waals surface area contributed by atoms with Gasteiger partial charge < -0.3 is 10.4 Å². The average molecular weight is 260 g/mol. The van der Waals surface area contributed by atoms with Gasteiger partial charge in [0, 0.05) is 15.1 Å². The van der Waals surface area contributed by atoms with Gasteiger partial charge in [0.25, 0.3) is 0 Å². The number of rotatable bonds is 1. The highest BCUT2D eigenvalue weighted by atomic mass is 79.9. The summed E-state index contributed by atoms with van der Waals surface area (Å²) in [5, 5.41) is 12.3. The monoisotopic (exact) mass is 259 g/mol. The lowest BCUT2D eigenvalue weighted by Gasteiger charge is -2.25. The third kappa shape index (κ3) is 1.85. The molecule has 0 spiro atoms. The largest absolute Gasteiger partial charge is 0.394 e. The number of aliphatic hydroxyl groups is 1. The summed E-state index contributed by atoms with van der Waals surface area (Å²) in [6.07, 6.45) is 0. The first-order valence-corrected chi connectivity index (χ1v) is 5.88. The minimum atomic E-state index is 0.177. The normalized spacial score (nSPS) is 20.6. The molecule has 2 rings (SSSR count). The molecule has 2 nitrogen and oxygen atoms in total. The first-order valence-electron chi connectivity index (χ1n) is 4.10. The van der Waals surface area contributed by atoms with Crippen molar-refractivity contribution < 1.29 is 5.11 Å².